The van der Waals surface area contributed by atoms with Gasteiger partial charge in [-0.25, -0.2) is 14.6 Å². The maximum atomic E-state index is 11.5. The lowest BCUT2D eigenvalue weighted by molar-refractivity contribution is -0.131. The van der Waals surface area contributed by atoms with Crippen molar-refractivity contribution < 1.29 is 24.2 Å². The van der Waals surface area contributed by atoms with Crippen molar-refractivity contribution in [2.24, 2.45) is 0 Å². The molecule has 0 saturated carbocycles. The Morgan fingerprint density at radius 2 is 1.96 bits per heavy atom. The number of furan rings is 1. The standard InChI is InChI=1S/C17H13N3O5S/c1-9-18-17(20-19-9)26-14(16(23)24)8-10-6-7-13(25-10)11-4-2-3-5-12(11)15(21)22/h2-8H,1H3,(H,21,22)(H,23,24)(H,18,19,20)/b14-8-. The van der Waals surface area contributed by atoms with Gasteiger partial charge in [0.2, 0.25) is 5.16 Å². The Bertz CT molecular complexity index is 1010. The highest BCUT2D eigenvalue weighted by Gasteiger charge is 2.16. The van der Waals surface area contributed by atoms with Crippen LogP contribution in [0.3, 0.4) is 0 Å². The summed E-state index contributed by atoms with van der Waals surface area (Å²) in [4.78, 5) is 26.8. The first kappa shape index (κ1) is 17.5. The normalized spacial score (nSPS) is 11.5. The monoisotopic (exact) mass is 371 g/mol. The highest BCUT2D eigenvalue weighted by Crippen LogP contribution is 2.30. The minimum atomic E-state index is -1.15. The van der Waals surface area contributed by atoms with Crippen LogP contribution in [0.2, 0.25) is 0 Å². The molecule has 0 atom stereocenters. The third-order valence-corrected chi connectivity index (χ3v) is 4.19. The molecule has 0 aliphatic heterocycles. The smallest absolute Gasteiger partial charge is 0.342 e. The van der Waals surface area contributed by atoms with E-state index in [4.69, 9.17) is 4.42 Å². The summed E-state index contributed by atoms with van der Waals surface area (Å²) in [5, 5.41) is 25.4. The Balaban J connectivity index is 1.92. The number of aromatic carboxylic acids is 1. The van der Waals surface area contributed by atoms with Crippen molar-refractivity contribution in [3.8, 4) is 11.3 Å². The van der Waals surface area contributed by atoms with Crippen molar-refractivity contribution in [2.75, 3.05) is 0 Å². The third kappa shape index (κ3) is 3.83. The lowest BCUT2D eigenvalue weighted by Gasteiger charge is -2.02. The molecule has 2 heterocycles. The van der Waals surface area contributed by atoms with Crippen LogP contribution in [0, 0.1) is 6.92 Å². The van der Waals surface area contributed by atoms with Gasteiger partial charge in [-0.05, 0) is 36.9 Å². The van der Waals surface area contributed by atoms with E-state index in [0.29, 0.717) is 17.1 Å². The Labute approximate surface area is 151 Å². The molecule has 0 aliphatic carbocycles. The molecule has 0 radical (unpaired) electrons. The van der Waals surface area contributed by atoms with E-state index < -0.39 is 11.9 Å². The number of carboxylic acid groups (broad SMARTS) is 2. The predicted molar refractivity (Wildman–Crippen MR) is 93.7 cm³/mol. The molecule has 3 N–H and O–H groups in total. The van der Waals surface area contributed by atoms with Crippen LogP contribution in [0.15, 0.2) is 50.9 Å². The van der Waals surface area contributed by atoms with Gasteiger partial charge in [0.25, 0.3) is 0 Å². The van der Waals surface area contributed by atoms with E-state index in [1.165, 1.54) is 12.1 Å². The zero-order chi connectivity index (χ0) is 18.7. The molecule has 3 aromatic rings. The fourth-order valence-corrected chi connectivity index (χ4v) is 2.92. The lowest BCUT2D eigenvalue weighted by Crippen LogP contribution is -1.98. The molecule has 0 spiro atoms. The van der Waals surface area contributed by atoms with Gasteiger partial charge >= 0.3 is 11.9 Å². The number of hydrogen-bond acceptors (Lipinski definition) is 6. The number of H-pyrrole nitrogens is 1. The second-order valence-corrected chi connectivity index (χ2v) is 6.18. The van der Waals surface area contributed by atoms with Crippen molar-refractivity contribution in [2.45, 2.75) is 12.1 Å². The van der Waals surface area contributed by atoms with Gasteiger partial charge in [0.15, 0.2) is 0 Å². The number of aromatic nitrogens is 3. The van der Waals surface area contributed by atoms with Gasteiger partial charge in [-0.15, -0.1) is 5.10 Å². The van der Waals surface area contributed by atoms with E-state index in [0.717, 1.165) is 11.8 Å². The van der Waals surface area contributed by atoms with E-state index >= 15 is 0 Å². The number of nitrogens with zero attached hydrogens (tertiary/aromatic N) is 2. The summed E-state index contributed by atoms with van der Waals surface area (Å²) < 4.78 is 5.62. The second-order valence-electron chi connectivity index (χ2n) is 5.17. The largest absolute Gasteiger partial charge is 0.478 e. The Morgan fingerprint density at radius 3 is 2.62 bits per heavy atom. The Hall–Kier alpha value is -3.33. The van der Waals surface area contributed by atoms with Gasteiger partial charge < -0.3 is 14.6 Å². The van der Waals surface area contributed by atoms with Crippen LogP contribution >= 0.6 is 11.8 Å². The van der Waals surface area contributed by atoms with E-state index in [1.54, 1.807) is 37.3 Å². The number of carbonyl (C=O) groups is 2. The minimum absolute atomic E-state index is 0.0311. The summed E-state index contributed by atoms with van der Waals surface area (Å²) >= 11 is 0.880. The number of carboxylic acids is 2. The first-order valence-electron chi connectivity index (χ1n) is 7.38. The highest BCUT2D eigenvalue weighted by atomic mass is 32.2. The van der Waals surface area contributed by atoms with E-state index in [9.17, 15) is 19.8 Å². The molecule has 1 aromatic carbocycles. The molecule has 0 fully saturated rings. The van der Waals surface area contributed by atoms with Crippen LogP contribution in [0.1, 0.15) is 21.9 Å². The molecule has 0 saturated heterocycles. The van der Waals surface area contributed by atoms with Gasteiger partial charge in [-0.2, -0.15) is 0 Å². The summed E-state index contributed by atoms with van der Waals surface area (Å²) in [6, 6.07) is 9.58. The molecule has 0 bridgehead atoms. The summed E-state index contributed by atoms with van der Waals surface area (Å²) in [7, 11) is 0. The molecule has 0 aliphatic rings. The molecule has 2 aromatic heterocycles. The number of aliphatic carboxylic acids is 1. The fourth-order valence-electron chi connectivity index (χ4n) is 2.19. The van der Waals surface area contributed by atoms with Gasteiger partial charge in [0.05, 0.1) is 5.56 Å². The molecular formula is C17H13N3O5S. The first-order valence-corrected chi connectivity index (χ1v) is 8.20. The highest BCUT2D eigenvalue weighted by molar-refractivity contribution is 8.04. The Morgan fingerprint density at radius 1 is 1.19 bits per heavy atom. The summed E-state index contributed by atoms with van der Waals surface area (Å²) in [5.74, 6) is -1.05. The van der Waals surface area contributed by atoms with Crippen LogP contribution in [-0.4, -0.2) is 37.3 Å². The van der Waals surface area contributed by atoms with Crippen LogP contribution in [0.25, 0.3) is 17.4 Å². The predicted octanol–water partition coefficient (Wildman–Crippen LogP) is 3.29. The number of rotatable bonds is 6. The lowest BCUT2D eigenvalue weighted by atomic mass is 10.1. The third-order valence-electron chi connectivity index (χ3n) is 3.31. The number of nitrogens with one attached hydrogen (secondary N) is 1. The first-order chi connectivity index (χ1) is 12.4. The fraction of sp³-hybridized carbons (Fsp3) is 0.0588. The average Bonchev–Trinajstić information content (AvgIpc) is 3.23. The second kappa shape index (κ2) is 7.28. The summed E-state index contributed by atoms with van der Waals surface area (Å²) in [6.07, 6.45) is 1.34. The summed E-state index contributed by atoms with van der Waals surface area (Å²) in [5.41, 5.74) is 0.509. The number of thioether (sulfide) groups is 1. The van der Waals surface area contributed by atoms with Gasteiger partial charge in [-0.3, -0.25) is 5.10 Å². The molecular weight excluding hydrogens is 358 g/mol. The van der Waals surface area contributed by atoms with Crippen molar-refractivity contribution in [1.82, 2.24) is 15.2 Å². The maximum Gasteiger partial charge on any atom is 0.342 e. The minimum Gasteiger partial charge on any atom is -0.478 e. The molecule has 132 valence electrons. The van der Waals surface area contributed by atoms with Gasteiger partial charge in [0.1, 0.15) is 22.3 Å². The molecule has 26 heavy (non-hydrogen) atoms. The zero-order valence-electron chi connectivity index (χ0n) is 13.5. The van der Waals surface area contributed by atoms with Crippen LogP contribution in [0.4, 0.5) is 0 Å². The van der Waals surface area contributed by atoms with Crippen molar-refractivity contribution in [3.05, 3.63) is 58.5 Å². The van der Waals surface area contributed by atoms with Gasteiger partial charge in [-0.1, -0.05) is 18.2 Å². The topological polar surface area (TPSA) is 129 Å². The van der Waals surface area contributed by atoms with Crippen molar-refractivity contribution in [3.63, 3.8) is 0 Å². The molecule has 9 heteroatoms. The van der Waals surface area contributed by atoms with Crippen molar-refractivity contribution >= 4 is 29.8 Å². The number of aryl methyl sites for hydroxylation is 1. The SMILES string of the molecule is Cc1nc(S/C(=C\c2ccc(-c3ccccc3C(=O)O)o2)C(=O)O)n[nH]1. The molecule has 0 amide bonds. The van der Waals surface area contributed by atoms with Crippen LogP contribution in [0.5, 0.6) is 0 Å². The van der Waals surface area contributed by atoms with Crippen LogP contribution in [-0.2, 0) is 4.79 Å². The number of aromatic amines is 1. The quantitative estimate of drug-likeness (QED) is 0.445. The van der Waals surface area contributed by atoms with E-state index in [1.807, 2.05) is 0 Å². The van der Waals surface area contributed by atoms with Gasteiger partial charge in [0, 0.05) is 11.6 Å². The van der Waals surface area contributed by atoms with Crippen molar-refractivity contribution in [1.29, 1.82) is 0 Å². The summed E-state index contributed by atoms with van der Waals surface area (Å²) in [6.45, 7) is 1.71. The number of benzene rings is 1. The Kier molecular flexibility index (Phi) is 4.90. The van der Waals surface area contributed by atoms with Crippen LogP contribution < -0.4 is 0 Å². The molecule has 3 rings (SSSR count). The van der Waals surface area contributed by atoms with E-state index in [2.05, 4.69) is 15.2 Å². The number of hydrogen-bond donors (Lipinski definition) is 3. The van der Waals surface area contributed by atoms with E-state index in [-0.39, 0.29) is 21.4 Å². The molecule has 8 nitrogen and oxygen atoms in total. The molecule has 0 unspecified atom stereocenters. The zero-order valence-corrected chi connectivity index (χ0v) is 14.3. The average molecular weight is 371 g/mol. The maximum absolute atomic E-state index is 11.5.